The van der Waals surface area contributed by atoms with Gasteiger partial charge in [-0.25, -0.2) is 4.68 Å². The lowest BCUT2D eigenvalue weighted by atomic mass is 10.1. The van der Waals surface area contributed by atoms with Crippen LogP contribution in [0.3, 0.4) is 0 Å². The number of benzene rings is 1. The van der Waals surface area contributed by atoms with Crippen LogP contribution in [0, 0.1) is 5.92 Å². The van der Waals surface area contributed by atoms with Gasteiger partial charge in [0.05, 0.1) is 5.69 Å². The van der Waals surface area contributed by atoms with Gasteiger partial charge in [0.2, 0.25) is 0 Å². The summed E-state index contributed by atoms with van der Waals surface area (Å²) in [7, 11) is 0. The molecule has 0 spiro atoms. The summed E-state index contributed by atoms with van der Waals surface area (Å²) in [5.41, 5.74) is 8.05. The second-order valence-corrected chi connectivity index (χ2v) is 5.41. The lowest BCUT2D eigenvalue weighted by Crippen LogP contribution is -2.26. The summed E-state index contributed by atoms with van der Waals surface area (Å²) in [6, 6.07) is 8.77. The van der Waals surface area contributed by atoms with Crippen molar-refractivity contribution in [3.63, 3.8) is 0 Å². The lowest BCUT2D eigenvalue weighted by molar-refractivity contribution is 0.253. The van der Waals surface area contributed by atoms with Crippen molar-refractivity contribution in [2.45, 2.75) is 19.4 Å². The predicted octanol–water partition coefficient (Wildman–Crippen LogP) is 1.00. The number of hydrogen-bond donors (Lipinski definition) is 1. The number of aromatic nitrogens is 4. The van der Waals surface area contributed by atoms with E-state index >= 15 is 0 Å². The van der Waals surface area contributed by atoms with E-state index in [1.807, 2.05) is 6.07 Å². The maximum atomic E-state index is 5.77. The monoisotopic (exact) mass is 272 g/mol. The van der Waals surface area contributed by atoms with Gasteiger partial charge in [-0.15, -0.1) is 5.10 Å². The van der Waals surface area contributed by atoms with E-state index in [2.05, 4.69) is 45.5 Å². The Balaban J connectivity index is 1.78. The molecule has 1 saturated heterocycles. The largest absolute Gasteiger partial charge is 0.330 e. The van der Waals surface area contributed by atoms with Crippen LogP contribution < -0.4 is 5.73 Å². The molecule has 6 nitrogen and oxygen atoms in total. The maximum absolute atomic E-state index is 5.77. The minimum atomic E-state index is 0.392. The highest BCUT2D eigenvalue weighted by atomic mass is 15.5. The molecule has 1 aromatic heterocycles. The summed E-state index contributed by atoms with van der Waals surface area (Å²) in [6.07, 6.45) is 2.82. The summed E-state index contributed by atoms with van der Waals surface area (Å²) in [6.45, 7) is 5.25. The Labute approximate surface area is 118 Å². The molecular formula is C14H20N6. The van der Waals surface area contributed by atoms with E-state index in [1.54, 1.807) is 11.0 Å². The third-order valence-corrected chi connectivity index (χ3v) is 4.16. The van der Waals surface area contributed by atoms with Crippen molar-refractivity contribution in [2.75, 3.05) is 19.6 Å². The van der Waals surface area contributed by atoms with Gasteiger partial charge in [0.1, 0.15) is 6.33 Å². The lowest BCUT2D eigenvalue weighted by Gasteiger charge is -2.25. The molecule has 2 heterocycles. The Kier molecular flexibility index (Phi) is 3.75. The zero-order valence-corrected chi connectivity index (χ0v) is 11.7. The molecule has 3 rings (SSSR count). The first-order valence-electron chi connectivity index (χ1n) is 7.05. The van der Waals surface area contributed by atoms with Gasteiger partial charge in [0.25, 0.3) is 0 Å². The van der Waals surface area contributed by atoms with Crippen molar-refractivity contribution >= 4 is 0 Å². The number of likely N-dealkylation sites (tertiary alicyclic amines) is 1. The van der Waals surface area contributed by atoms with Crippen LogP contribution in [-0.4, -0.2) is 44.7 Å². The van der Waals surface area contributed by atoms with Gasteiger partial charge in [0, 0.05) is 12.6 Å². The molecule has 1 aliphatic heterocycles. The van der Waals surface area contributed by atoms with Crippen LogP contribution in [0.4, 0.5) is 0 Å². The van der Waals surface area contributed by atoms with Crippen LogP contribution in [0.1, 0.15) is 24.9 Å². The Morgan fingerprint density at radius 2 is 2.35 bits per heavy atom. The molecule has 1 fully saturated rings. The van der Waals surface area contributed by atoms with Crippen LogP contribution in [0.25, 0.3) is 5.69 Å². The average molecular weight is 272 g/mol. The molecule has 0 bridgehead atoms. The molecule has 1 aromatic carbocycles. The van der Waals surface area contributed by atoms with Gasteiger partial charge in [-0.05, 0) is 60.5 Å². The maximum Gasteiger partial charge on any atom is 0.143 e. The minimum absolute atomic E-state index is 0.392. The number of tetrazole rings is 1. The van der Waals surface area contributed by atoms with Gasteiger partial charge in [-0.1, -0.05) is 12.1 Å². The van der Waals surface area contributed by atoms with E-state index in [-0.39, 0.29) is 0 Å². The van der Waals surface area contributed by atoms with E-state index in [9.17, 15) is 0 Å². The van der Waals surface area contributed by atoms with Gasteiger partial charge in [-0.2, -0.15) is 0 Å². The highest BCUT2D eigenvalue weighted by Crippen LogP contribution is 2.27. The van der Waals surface area contributed by atoms with Crippen molar-refractivity contribution in [2.24, 2.45) is 11.7 Å². The zero-order valence-electron chi connectivity index (χ0n) is 11.7. The Hall–Kier alpha value is -1.79. The number of nitrogens with two attached hydrogens (primary N) is 1. The molecule has 2 aromatic rings. The molecule has 2 unspecified atom stereocenters. The van der Waals surface area contributed by atoms with E-state index in [4.69, 9.17) is 5.73 Å². The fourth-order valence-electron chi connectivity index (χ4n) is 2.82. The Morgan fingerprint density at radius 1 is 1.45 bits per heavy atom. The predicted molar refractivity (Wildman–Crippen MR) is 76.3 cm³/mol. The van der Waals surface area contributed by atoms with Crippen LogP contribution in [0.2, 0.25) is 0 Å². The van der Waals surface area contributed by atoms with Gasteiger partial charge in [0.15, 0.2) is 0 Å². The van der Waals surface area contributed by atoms with E-state index < -0.39 is 0 Å². The van der Waals surface area contributed by atoms with Crippen LogP contribution in [0.15, 0.2) is 30.6 Å². The molecule has 2 N–H and O–H groups in total. The molecule has 106 valence electrons. The third kappa shape index (κ3) is 2.57. The van der Waals surface area contributed by atoms with Crippen LogP contribution >= 0.6 is 0 Å². The van der Waals surface area contributed by atoms with Crippen LogP contribution in [0.5, 0.6) is 0 Å². The van der Waals surface area contributed by atoms with Gasteiger partial charge >= 0.3 is 0 Å². The number of rotatable bonds is 4. The average Bonchev–Trinajstić information content (AvgIpc) is 3.17. The second-order valence-electron chi connectivity index (χ2n) is 5.41. The standard InChI is InChI=1S/C14H20N6/c1-11(19-6-5-12(8-15)9-19)13-3-2-4-14(7-13)20-10-16-17-18-20/h2-4,7,10-12H,5-6,8-9,15H2,1H3. The van der Waals surface area contributed by atoms with E-state index in [1.165, 1.54) is 12.0 Å². The summed E-state index contributed by atoms with van der Waals surface area (Å²) < 4.78 is 1.68. The topological polar surface area (TPSA) is 72.9 Å². The second kappa shape index (κ2) is 5.68. The Bertz CT molecular complexity index is 553. The molecular weight excluding hydrogens is 252 g/mol. The molecule has 1 aliphatic rings. The fourth-order valence-corrected chi connectivity index (χ4v) is 2.82. The van der Waals surface area contributed by atoms with Gasteiger partial charge in [-0.3, -0.25) is 4.90 Å². The van der Waals surface area contributed by atoms with Gasteiger partial charge < -0.3 is 5.73 Å². The first-order valence-corrected chi connectivity index (χ1v) is 7.05. The van der Waals surface area contributed by atoms with Crippen molar-refractivity contribution in [1.82, 2.24) is 25.1 Å². The molecule has 0 saturated carbocycles. The fraction of sp³-hybridized carbons (Fsp3) is 0.500. The molecule has 2 atom stereocenters. The van der Waals surface area contributed by atoms with E-state index in [0.29, 0.717) is 12.0 Å². The van der Waals surface area contributed by atoms with Crippen molar-refractivity contribution in [1.29, 1.82) is 0 Å². The first kappa shape index (κ1) is 13.2. The molecule has 20 heavy (non-hydrogen) atoms. The smallest absolute Gasteiger partial charge is 0.143 e. The summed E-state index contributed by atoms with van der Waals surface area (Å²) in [5, 5.41) is 11.3. The summed E-state index contributed by atoms with van der Waals surface area (Å²) >= 11 is 0. The van der Waals surface area contributed by atoms with Crippen molar-refractivity contribution < 1.29 is 0 Å². The third-order valence-electron chi connectivity index (χ3n) is 4.16. The number of nitrogens with zero attached hydrogens (tertiary/aromatic N) is 5. The highest BCUT2D eigenvalue weighted by Gasteiger charge is 2.25. The summed E-state index contributed by atoms with van der Waals surface area (Å²) in [4.78, 5) is 2.50. The SMILES string of the molecule is CC(c1cccc(-n2cnnn2)c1)N1CCC(CN)C1. The molecule has 0 aliphatic carbocycles. The molecule has 0 amide bonds. The van der Waals surface area contributed by atoms with Crippen LogP contribution in [-0.2, 0) is 0 Å². The first-order chi connectivity index (χ1) is 9.78. The quantitative estimate of drug-likeness (QED) is 0.899. The number of hydrogen-bond acceptors (Lipinski definition) is 5. The van der Waals surface area contributed by atoms with E-state index in [0.717, 1.165) is 25.3 Å². The summed E-state index contributed by atoms with van der Waals surface area (Å²) in [5.74, 6) is 0.639. The Morgan fingerprint density at radius 3 is 3.05 bits per heavy atom. The van der Waals surface area contributed by atoms with Crippen molar-refractivity contribution in [3.8, 4) is 5.69 Å². The molecule has 6 heteroatoms. The molecule has 0 radical (unpaired) electrons. The zero-order chi connectivity index (χ0) is 13.9. The minimum Gasteiger partial charge on any atom is -0.330 e. The van der Waals surface area contributed by atoms with Crippen molar-refractivity contribution in [3.05, 3.63) is 36.2 Å². The normalized spacial score (nSPS) is 21.2. The highest BCUT2D eigenvalue weighted by molar-refractivity contribution is 5.35.